The first-order chi connectivity index (χ1) is 7.20. The highest BCUT2D eigenvalue weighted by atomic mass is 16.5. The van der Waals surface area contributed by atoms with Crippen LogP contribution in [0.4, 0.5) is 0 Å². The molecule has 2 heteroatoms. The maximum Gasteiger partial charge on any atom is 0.160 e. The van der Waals surface area contributed by atoms with E-state index in [0.29, 0.717) is 0 Å². The van der Waals surface area contributed by atoms with Crippen LogP contribution in [0.1, 0.15) is 42.6 Å². The van der Waals surface area contributed by atoms with Gasteiger partial charge >= 0.3 is 0 Å². The number of hydrogen-bond donors (Lipinski definition) is 0. The molecule has 82 valence electrons. The molecule has 1 aromatic rings. The number of carbonyl (C=O) groups is 1. The molecular weight excluding hydrogens is 188 g/mol. The monoisotopic (exact) mass is 206 g/mol. The van der Waals surface area contributed by atoms with Gasteiger partial charge in [0.25, 0.3) is 0 Å². The molecule has 0 saturated carbocycles. The van der Waals surface area contributed by atoms with Crippen molar-refractivity contribution >= 4 is 5.78 Å². The Morgan fingerprint density at radius 2 is 2.13 bits per heavy atom. The van der Waals surface area contributed by atoms with Gasteiger partial charge in [-0.1, -0.05) is 25.5 Å². The second-order valence-electron chi connectivity index (χ2n) is 3.65. The van der Waals surface area contributed by atoms with Crippen LogP contribution in [0.3, 0.4) is 0 Å². The lowest BCUT2D eigenvalue weighted by Gasteiger charge is -2.11. The van der Waals surface area contributed by atoms with E-state index in [1.807, 2.05) is 18.2 Å². The second-order valence-corrected chi connectivity index (χ2v) is 3.65. The first-order valence-corrected chi connectivity index (χ1v) is 5.37. The van der Waals surface area contributed by atoms with E-state index >= 15 is 0 Å². The van der Waals surface area contributed by atoms with E-state index in [2.05, 4.69) is 6.92 Å². The Hall–Kier alpha value is -1.31. The molecule has 0 saturated heterocycles. The maximum atomic E-state index is 11.4. The Morgan fingerprint density at radius 1 is 1.40 bits per heavy atom. The van der Waals surface area contributed by atoms with Crippen molar-refractivity contribution < 1.29 is 9.53 Å². The van der Waals surface area contributed by atoms with Crippen molar-refractivity contribution in [2.24, 2.45) is 0 Å². The van der Waals surface area contributed by atoms with Crippen LogP contribution in [-0.2, 0) is 6.42 Å². The van der Waals surface area contributed by atoms with E-state index in [0.717, 1.165) is 36.1 Å². The SMILES string of the molecule is CCCCc1c(OC)cccc1C(C)=O. The van der Waals surface area contributed by atoms with Gasteiger partial charge in [0.05, 0.1) is 7.11 Å². The Kier molecular flexibility index (Phi) is 4.35. The van der Waals surface area contributed by atoms with Gasteiger partial charge in [-0.25, -0.2) is 0 Å². The van der Waals surface area contributed by atoms with E-state index < -0.39 is 0 Å². The Labute approximate surface area is 91.3 Å². The second kappa shape index (κ2) is 5.54. The van der Waals surface area contributed by atoms with Crippen molar-refractivity contribution in [3.8, 4) is 5.75 Å². The summed E-state index contributed by atoms with van der Waals surface area (Å²) in [6.07, 6.45) is 3.12. The average Bonchev–Trinajstić information content (AvgIpc) is 2.25. The topological polar surface area (TPSA) is 26.3 Å². The highest BCUT2D eigenvalue weighted by Crippen LogP contribution is 2.24. The molecule has 0 spiro atoms. The predicted octanol–water partition coefficient (Wildman–Crippen LogP) is 3.24. The average molecular weight is 206 g/mol. The molecule has 2 nitrogen and oxygen atoms in total. The van der Waals surface area contributed by atoms with Gasteiger partial charge in [-0.3, -0.25) is 4.79 Å². The van der Waals surface area contributed by atoms with E-state index in [1.165, 1.54) is 0 Å². The summed E-state index contributed by atoms with van der Waals surface area (Å²) in [6, 6.07) is 5.65. The summed E-state index contributed by atoms with van der Waals surface area (Å²) < 4.78 is 5.28. The fraction of sp³-hybridized carbons (Fsp3) is 0.462. The normalized spacial score (nSPS) is 10.1. The van der Waals surface area contributed by atoms with Crippen molar-refractivity contribution in [3.05, 3.63) is 29.3 Å². The third kappa shape index (κ3) is 2.82. The van der Waals surface area contributed by atoms with Crippen LogP contribution in [0.5, 0.6) is 5.75 Å². The van der Waals surface area contributed by atoms with Crippen molar-refractivity contribution in [2.45, 2.75) is 33.1 Å². The lowest BCUT2D eigenvalue weighted by molar-refractivity contribution is 0.101. The molecule has 0 unspecified atom stereocenters. The number of methoxy groups -OCH3 is 1. The quantitative estimate of drug-likeness (QED) is 0.691. The zero-order valence-electron chi connectivity index (χ0n) is 9.67. The van der Waals surface area contributed by atoms with Crippen LogP contribution >= 0.6 is 0 Å². The van der Waals surface area contributed by atoms with E-state index in [4.69, 9.17) is 4.74 Å². The summed E-state index contributed by atoms with van der Waals surface area (Å²) in [5, 5.41) is 0. The molecule has 1 aromatic carbocycles. The molecule has 0 aromatic heterocycles. The summed E-state index contributed by atoms with van der Waals surface area (Å²) in [6.45, 7) is 3.74. The molecule has 0 aliphatic carbocycles. The summed E-state index contributed by atoms with van der Waals surface area (Å²) in [5.41, 5.74) is 1.84. The molecule has 0 fully saturated rings. The third-order valence-electron chi connectivity index (χ3n) is 2.51. The van der Waals surface area contributed by atoms with E-state index in [-0.39, 0.29) is 5.78 Å². The molecule has 0 atom stereocenters. The summed E-state index contributed by atoms with van der Waals surface area (Å²) >= 11 is 0. The highest BCUT2D eigenvalue weighted by Gasteiger charge is 2.11. The number of Topliss-reactive ketones (excluding diaryl/α,β-unsaturated/α-hetero) is 1. The Bertz CT molecular complexity index is 342. The van der Waals surface area contributed by atoms with Crippen LogP contribution in [0.2, 0.25) is 0 Å². The largest absolute Gasteiger partial charge is 0.496 e. The third-order valence-corrected chi connectivity index (χ3v) is 2.51. The number of rotatable bonds is 5. The maximum absolute atomic E-state index is 11.4. The molecule has 0 heterocycles. The lowest BCUT2D eigenvalue weighted by Crippen LogP contribution is -2.02. The van der Waals surface area contributed by atoms with Crippen LogP contribution in [-0.4, -0.2) is 12.9 Å². The Morgan fingerprint density at radius 3 is 2.67 bits per heavy atom. The fourth-order valence-electron chi connectivity index (χ4n) is 1.70. The van der Waals surface area contributed by atoms with Gasteiger partial charge < -0.3 is 4.74 Å². The number of ether oxygens (including phenoxy) is 1. The number of unbranched alkanes of at least 4 members (excludes halogenated alkanes) is 1. The molecule has 0 amide bonds. The summed E-state index contributed by atoms with van der Waals surface area (Å²) in [7, 11) is 1.65. The zero-order chi connectivity index (χ0) is 11.3. The van der Waals surface area contributed by atoms with Gasteiger partial charge in [-0.05, 0) is 25.8 Å². The molecule has 0 aliphatic heterocycles. The number of carbonyl (C=O) groups excluding carboxylic acids is 1. The minimum Gasteiger partial charge on any atom is -0.496 e. The standard InChI is InChI=1S/C13H18O2/c1-4-5-7-12-11(10(2)14)8-6-9-13(12)15-3/h6,8-9H,4-5,7H2,1-3H3. The predicted molar refractivity (Wildman–Crippen MR) is 61.6 cm³/mol. The van der Waals surface area contributed by atoms with Crippen molar-refractivity contribution in [2.75, 3.05) is 7.11 Å². The molecule has 15 heavy (non-hydrogen) atoms. The molecule has 1 rings (SSSR count). The van der Waals surface area contributed by atoms with E-state index in [9.17, 15) is 4.79 Å². The van der Waals surface area contributed by atoms with Gasteiger partial charge in [-0.2, -0.15) is 0 Å². The molecule has 0 aliphatic rings. The van der Waals surface area contributed by atoms with Gasteiger partial charge in [0.1, 0.15) is 5.75 Å². The smallest absolute Gasteiger partial charge is 0.160 e. The van der Waals surface area contributed by atoms with Crippen LogP contribution < -0.4 is 4.74 Å². The fourth-order valence-corrected chi connectivity index (χ4v) is 1.70. The number of hydrogen-bond acceptors (Lipinski definition) is 2. The summed E-state index contributed by atoms with van der Waals surface area (Å²) in [5.74, 6) is 0.941. The summed E-state index contributed by atoms with van der Waals surface area (Å²) in [4.78, 5) is 11.4. The van der Waals surface area contributed by atoms with Crippen LogP contribution in [0, 0.1) is 0 Å². The van der Waals surface area contributed by atoms with Gasteiger partial charge in [-0.15, -0.1) is 0 Å². The Balaban J connectivity index is 3.08. The van der Waals surface area contributed by atoms with Gasteiger partial charge in [0.15, 0.2) is 5.78 Å². The lowest BCUT2D eigenvalue weighted by atomic mass is 9.98. The molecule has 0 radical (unpaired) electrons. The van der Waals surface area contributed by atoms with Crippen LogP contribution in [0.25, 0.3) is 0 Å². The minimum atomic E-state index is 0.111. The van der Waals surface area contributed by atoms with Gasteiger partial charge in [0.2, 0.25) is 0 Å². The molecular formula is C13H18O2. The van der Waals surface area contributed by atoms with E-state index in [1.54, 1.807) is 14.0 Å². The van der Waals surface area contributed by atoms with Crippen molar-refractivity contribution in [3.63, 3.8) is 0 Å². The van der Waals surface area contributed by atoms with Crippen LogP contribution in [0.15, 0.2) is 18.2 Å². The molecule has 0 N–H and O–H groups in total. The number of benzene rings is 1. The highest BCUT2D eigenvalue weighted by molar-refractivity contribution is 5.96. The first-order valence-electron chi connectivity index (χ1n) is 5.37. The zero-order valence-corrected chi connectivity index (χ0v) is 9.67. The number of ketones is 1. The van der Waals surface area contributed by atoms with Crippen molar-refractivity contribution in [1.82, 2.24) is 0 Å². The van der Waals surface area contributed by atoms with Gasteiger partial charge in [0, 0.05) is 11.1 Å². The first kappa shape index (κ1) is 11.8. The molecule has 0 bridgehead atoms. The van der Waals surface area contributed by atoms with Crippen molar-refractivity contribution in [1.29, 1.82) is 0 Å². The minimum absolute atomic E-state index is 0.111.